The van der Waals surface area contributed by atoms with Gasteiger partial charge in [-0.15, -0.1) is 0 Å². The average molecular weight is 262 g/mol. The van der Waals surface area contributed by atoms with Crippen LogP contribution < -0.4 is 10.6 Å². The molecule has 1 aliphatic heterocycles. The molecule has 1 amide bonds. The van der Waals surface area contributed by atoms with Crippen LogP contribution in [0, 0.1) is 13.8 Å². The average Bonchev–Trinajstić information content (AvgIpc) is 2.42. The first kappa shape index (κ1) is 14.0. The molecule has 19 heavy (non-hydrogen) atoms. The Labute approximate surface area is 114 Å². The molecule has 0 radical (unpaired) electrons. The summed E-state index contributed by atoms with van der Waals surface area (Å²) in [5, 5.41) is 6.22. The fraction of sp³-hybridized carbons (Fsp3) is 0.533. The van der Waals surface area contributed by atoms with E-state index < -0.39 is 0 Å². The molecule has 0 bridgehead atoms. The Morgan fingerprint density at radius 1 is 1.47 bits per heavy atom. The SMILES string of the molecule is Cc1ccc(C)c(C(C)NC(=O)C2COCCN2)c1. The Kier molecular flexibility index (Phi) is 4.56. The van der Waals surface area contributed by atoms with E-state index in [-0.39, 0.29) is 18.0 Å². The van der Waals surface area contributed by atoms with Gasteiger partial charge in [-0.05, 0) is 31.9 Å². The quantitative estimate of drug-likeness (QED) is 0.867. The normalized spacial score (nSPS) is 20.9. The molecule has 4 heteroatoms. The van der Waals surface area contributed by atoms with Gasteiger partial charge in [0.05, 0.1) is 19.3 Å². The molecule has 1 aliphatic rings. The molecule has 1 aromatic carbocycles. The number of nitrogens with one attached hydrogen (secondary N) is 2. The fourth-order valence-corrected chi connectivity index (χ4v) is 2.35. The van der Waals surface area contributed by atoms with Crippen molar-refractivity contribution >= 4 is 5.91 Å². The van der Waals surface area contributed by atoms with Crippen LogP contribution in [0.15, 0.2) is 18.2 Å². The maximum Gasteiger partial charge on any atom is 0.240 e. The van der Waals surface area contributed by atoms with E-state index in [1.165, 1.54) is 16.7 Å². The summed E-state index contributed by atoms with van der Waals surface area (Å²) in [5.41, 5.74) is 3.58. The Bertz CT molecular complexity index is 453. The van der Waals surface area contributed by atoms with E-state index in [0.29, 0.717) is 13.2 Å². The van der Waals surface area contributed by atoms with Gasteiger partial charge >= 0.3 is 0 Å². The highest BCUT2D eigenvalue weighted by Crippen LogP contribution is 2.19. The van der Waals surface area contributed by atoms with Crippen molar-refractivity contribution in [1.82, 2.24) is 10.6 Å². The lowest BCUT2D eigenvalue weighted by Crippen LogP contribution is -2.51. The molecule has 104 valence electrons. The number of morpholine rings is 1. The van der Waals surface area contributed by atoms with Crippen LogP contribution in [-0.4, -0.2) is 31.7 Å². The largest absolute Gasteiger partial charge is 0.378 e. The number of hydrogen-bond acceptors (Lipinski definition) is 3. The number of benzene rings is 1. The Balaban J connectivity index is 2.01. The zero-order valence-corrected chi connectivity index (χ0v) is 11.8. The molecule has 4 nitrogen and oxygen atoms in total. The third-order valence-electron chi connectivity index (χ3n) is 3.50. The van der Waals surface area contributed by atoms with Gasteiger partial charge in [-0.25, -0.2) is 0 Å². The van der Waals surface area contributed by atoms with Gasteiger partial charge in [0.1, 0.15) is 6.04 Å². The van der Waals surface area contributed by atoms with Gasteiger partial charge in [0.15, 0.2) is 0 Å². The maximum absolute atomic E-state index is 12.1. The summed E-state index contributed by atoms with van der Waals surface area (Å²) in [6.45, 7) is 8.01. The fourth-order valence-electron chi connectivity index (χ4n) is 2.35. The van der Waals surface area contributed by atoms with Crippen LogP contribution in [0.25, 0.3) is 0 Å². The van der Waals surface area contributed by atoms with Crippen LogP contribution in [0.1, 0.15) is 29.7 Å². The van der Waals surface area contributed by atoms with Gasteiger partial charge in [0, 0.05) is 6.54 Å². The maximum atomic E-state index is 12.1. The van der Waals surface area contributed by atoms with Crippen LogP contribution in [0.2, 0.25) is 0 Å². The summed E-state index contributed by atoms with van der Waals surface area (Å²) in [6.07, 6.45) is 0. The van der Waals surface area contributed by atoms with E-state index in [1.54, 1.807) is 0 Å². The van der Waals surface area contributed by atoms with Gasteiger partial charge in [0.25, 0.3) is 0 Å². The van der Waals surface area contributed by atoms with Crippen LogP contribution in [0.3, 0.4) is 0 Å². The van der Waals surface area contributed by atoms with Crippen molar-refractivity contribution in [3.05, 3.63) is 34.9 Å². The minimum atomic E-state index is -0.235. The number of ether oxygens (including phenoxy) is 1. The zero-order valence-electron chi connectivity index (χ0n) is 11.8. The van der Waals surface area contributed by atoms with E-state index in [1.807, 2.05) is 6.92 Å². The standard InChI is InChI=1S/C15H22N2O2/c1-10-4-5-11(2)13(8-10)12(3)17-15(18)14-9-19-7-6-16-14/h4-5,8,12,14,16H,6-7,9H2,1-3H3,(H,17,18). The summed E-state index contributed by atoms with van der Waals surface area (Å²) >= 11 is 0. The first-order valence-electron chi connectivity index (χ1n) is 6.76. The van der Waals surface area contributed by atoms with Crippen molar-refractivity contribution in [2.45, 2.75) is 32.9 Å². The second kappa shape index (κ2) is 6.17. The molecule has 1 fully saturated rings. The number of carbonyl (C=O) groups excluding carboxylic acids is 1. The molecular formula is C15H22N2O2. The lowest BCUT2D eigenvalue weighted by Gasteiger charge is -2.25. The molecule has 2 atom stereocenters. The van der Waals surface area contributed by atoms with Crippen LogP contribution >= 0.6 is 0 Å². The molecule has 1 heterocycles. The summed E-state index contributed by atoms with van der Waals surface area (Å²) in [5.74, 6) is 0.00751. The highest BCUT2D eigenvalue weighted by molar-refractivity contribution is 5.82. The lowest BCUT2D eigenvalue weighted by atomic mass is 10.00. The first-order valence-corrected chi connectivity index (χ1v) is 6.76. The van der Waals surface area contributed by atoms with Crippen LogP contribution in [0.5, 0.6) is 0 Å². The summed E-state index contributed by atoms with van der Waals surface area (Å²) < 4.78 is 5.31. The highest BCUT2D eigenvalue weighted by atomic mass is 16.5. The van der Waals surface area contributed by atoms with Gasteiger partial charge in [0.2, 0.25) is 5.91 Å². The number of rotatable bonds is 3. The number of carbonyl (C=O) groups is 1. The third-order valence-corrected chi connectivity index (χ3v) is 3.50. The highest BCUT2D eigenvalue weighted by Gasteiger charge is 2.23. The molecule has 2 N–H and O–H groups in total. The molecule has 1 saturated heterocycles. The Hall–Kier alpha value is -1.39. The predicted octanol–water partition coefficient (Wildman–Crippen LogP) is 1.47. The van der Waals surface area contributed by atoms with Crippen molar-refractivity contribution in [3.63, 3.8) is 0 Å². The van der Waals surface area contributed by atoms with Gasteiger partial charge in [-0.2, -0.15) is 0 Å². The summed E-state index contributed by atoms with van der Waals surface area (Å²) in [7, 11) is 0. The Morgan fingerprint density at radius 2 is 2.26 bits per heavy atom. The van der Waals surface area contributed by atoms with Crippen molar-refractivity contribution in [3.8, 4) is 0 Å². The van der Waals surface area contributed by atoms with E-state index in [4.69, 9.17) is 4.74 Å². The van der Waals surface area contributed by atoms with Crippen LogP contribution in [0.4, 0.5) is 0 Å². The summed E-state index contributed by atoms with van der Waals surface area (Å²) in [6, 6.07) is 6.09. The third kappa shape index (κ3) is 3.55. The van der Waals surface area contributed by atoms with Crippen LogP contribution in [-0.2, 0) is 9.53 Å². The molecule has 0 spiro atoms. The minimum Gasteiger partial charge on any atom is -0.378 e. The topological polar surface area (TPSA) is 50.4 Å². The van der Waals surface area contributed by atoms with Gasteiger partial charge in [-0.1, -0.05) is 23.8 Å². The number of hydrogen-bond donors (Lipinski definition) is 2. The smallest absolute Gasteiger partial charge is 0.240 e. The minimum absolute atomic E-state index is 0.00751. The second-order valence-electron chi connectivity index (χ2n) is 5.17. The zero-order chi connectivity index (χ0) is 13.8. The van der Waals surface area contributed by atoms with E-state index in [9.17, 15) is 4.79 Å². The number of aryl methyl sites for hydroxylation is 2. The second-order valence-corrected chi connectivity index (χ2v) is 5.17. The van der Waals surface area contributed by atoms with E-state index >= 15 is 0 Å². The number of amides is 1. The van der Waals surface area contributed by atoms with Gasteiger partial charge < -0.3 is 15.4 Å². The first-order chi connectivity index (χ1) is 9.08. The van der Waals surface area contributed by atoms with Crippen molar-refractivity contribution < 1.29 is 9.53 Å². The molecule has 2 rings (SSSR count). The summed E-state index contributed by atoms with van der Waals surface area (Å²) in [4.78, 5) is 12.1. The molecule has 0 aromatic heterocycles. The molecular weight excluding hydrogens is 240 g/mol. The van der Waals surface area contributed by atoms with Crippen molar-refractivity contribution in [2.75, 3.05) is 19.8 Å². The van der Waals surface area contributed by atoms with E-state index in [0.717, 1.165) is 6.54 Å². The molecule has 1 aromatic rings. The van der Waals surface area contributed by atoms with Crippen molar-refractivity contribution in [1.29, 1.82) is 0 Å². The molecule has 0 aliphatic carbocycles. The van der Waals surface area contributed by atoms with E-state index in [2.05, 4.69) is 42.7 Å². The Morgan fingerprint density at radius 3 is 2.95 bits per heavy atom. The monoisotopic (exact) mass is 262 g/mol. The molecule has 0 saturated carbocycles. The lowest BCUT2D eigenvalue weighted by molar-refractivity contribution is -0.126. The van der Waals surface area contributed by atoms with Crippen molar-refractivity contribution in [2.24, 2.45) is 0 Å². The molecule has 2 unspecified atom stereocenters. The predicted molar refractivity (Wildman–Crippen MR) is 75.1 cm³/mol. The van der Waals surface area contributed by atoms with Gasteiger partial charge in [-0.3, -0.25) is 4.79 Å².